The molecular formula is C6H6N3O2S. The van der Waals surface area contributed by atoms with Crippen LogP contribution >= 0.6 is 11.9 Å². The van der Waals surface area contributed by atoms with E-state index in [0.717, 1.165) is 11.9 Å². The van der Waals surface area contributed by atoms with Crippen molar-refractivity contribution in [1.29, 1.82) is 0 Å². The first-order chi connectivity index (χ1) is 5.75. The predicted octanol–water partition coefficient (Wildman–Crippen LogP) is 1.38. The van der Waals surface area contributed by atoms with E-state index in [1.54, 1.807) is 0 Å². The SMILES string of the molecule is [CH2]NSc1ncccc1[N+](=O)[O-]. The van der Waals surface area contributed by atoms with Crippen LogP contribution in [0, 0.1) is 17.2 Å². The van der Waals surface area contributed by atoms with E-state index in [4.69, 9.17) is 0 Å². The maximum absolute atomic E-state index is 10.4. The largest absolute Gasteiger partial charge is 0.302 e. The highest BCUT2D eigenvalue weighted by molar-refractivity contribution is 7.97. The Hall–Kier alpha value is -1.14. The lowest BCUT2D eigenvalue weighted by molar-refractivity contribution is -0.388. The summed E-state index contributed by atoms with van der Waals surface area (Å²) in [6, 6.07) is 2.91. The summed E-state index contributed by atoms with van der Waals surface area (Å²) in [5.74, 6) is 0. The smallest absolute Gasteiger partial charge is 0.258 e. The number of aromatic nitrogens is 1. The third-order valence-corrected chi connectivity index (χ3v) is 1.77. The van der Waals surface area contributed by atoms with E-state index in [1.807, 2.05) is 0 Å². The van der Waals surface area contributed by atoms with Gasteiger partial charge in [-0.3, -0.25) is 14.8 Å². The molecule has 0 aliphatic rings. The van der Waals surface area contributed by atoms with Crippen molar-refractivity contribution in [3.05, 3.63) is 35.5 Å². The fourth-order valence-corrected chi connectivity index (χ4v) is 1.17. The van der Waals surface area contributed by atoms with Crippen molar-refractivity contribution in [2.75, 3.05) is 0 Å². The number of rotatable bonds is 3. The number of nitrogens with zero attached hydrogens (tertiary/aromatic N) is 2. The molecule has 0 aromatic carbocycles. The minimum absolute atomic E-state index is 0.0151. The summed E-state index contributed by atoms with van der Waals surface area (Å²) >= 11 is 1.02. The van der Waals surface area contributed by atoms with Gasteiger partial charge in [0.1, 0.15) is 0 Å². The summed E-state index contributed by atoms with van der Waals surface area (Å²) in [5.41, 5.74) is -0.0151. The van der Waals surface area contributed by atoms with Crippen LogP contribution in [0.4, 0.5) is 5.69 Å². The monoisotopic (exact) mass is 184 g/mol. The molecule has 0 fully saturated rings. The molecule has 0 unspecified atom stereocenters. The van der Waals surface area contributed by atoms with Gasteiger partial charge in [0.25, 0.3) is 0 Å². The van der Waals surface area contributed by atoms with E-state index in [1.165, 1.54) is 18.3 Å². The van der Waals surface area contributed by atoms with Crippen LogP contribution in [0.5, 0.6) is 0 Å². The van der Waals surface area contributed by atoms with Crippen LogP contribution < -0.4 is 4.72 Å². The molecule has 0 spiro atoms. The average molecular weight is 184 g/mol. The van der Waals surface area contributed by atoms with Gasteiger partial charge in [0, 0.05) is 19.3 Å². The zero-order chi connectivity index (χ0) is 8.97. The lowest BCUT2D eigenvalue weighted by Crippen LogP contribution is -1.96. The van der Waals surface area contributed by atoms with Gasteiger partial charge < -0.3 is 0 Å². The molecule has 0 bridgehead atoms. The average Bonchev–Trinajstić information content (AvgIpc) is 2.05. The zero-order valence-corrected chi connectivity index (χ0v) is 6.87. The summed E-state index contributed by atoms with van der Waals surface area (Å²) in [6.07, 6.45) is 1.49. The summed E-state index contributed by atoms with van der Waals surface area (Å²) in [7, 11) is 3.33. The Labute approximate surface area is 73.5 Å². The quantitative estimate of drug-likeness (QED) is 0.436. The first kappa shape index (κ1) is 8.95. The normalized spacial score (nSPS) is 9.75. The molecular weight excluding hydrogens is 178 g/mol. The highest BCUT2D eigenvalue weighted by atomic mass is 32.2. The van der Waals surface area contributed by atoms with Crippen molar-refractivity contribution in [3.63, 3.8) is 0 Å². The molecule has 6 heteroatoms. The number of hydrogen-bond donors (Lipinski definition) is 1. The number of nitro groups is 1. The molecule has 0 aliphatic heterocycles. The minimum Gasteiger partial charge on any atom is -0.258 e. The standard InChI is InChI=1S/C6H6N3O2S/c1-7-12-6-5(9(10)11)3-2-4-8-6/h2-4,7H,1H2. The first-order valence-electron chi connectivity index (χ1n) is 3.04. The van der Waals surface area contributed by atoms with E-state index in [9.17, 15) is 10.1 Å². The highest BCUT2D eigenvalue weighted by Gasteiger charge is 2.13. The van der Waals surface area contributed by atoms with Crippen LogP contribution in [0.1, 0.15) is 0 Å². The van der Waals surface area contributed by atoms with Crippen LogP contribution in [-0.4, -0.2) is 9.91 Å². The Kier molecular flexibility index (Phi) is 3.01. The fraction of sp³-hybridized carbons (Fsp3) is 0. The maximum Gasteiger partial charge on any atom is 0.302 e. The van der Waals surface area contributed by atoms with Crippen LogP contribution in [0.25, 0.3) is 0 Å². The van der Waals surface area contributed by atoms with Crippen LogP contribution in [-0.2, 0) is 0 Å². The Morgan fingerprint density at radius 2 is 2.50 bits per heavy atom. The molecule has 1 aromatic rings. The van der Waals surface area contributed by atoms with Crippen molar-refractivity contribution >= 4 is 17.6 Å². The van der Waals surface area contributed by atoms with Gasteiger partial charge in [-0.1, -0.05) is 0 Å². The topological polar surface area (TPSA) is 68.1 Å². The number of pyridine rings is 1. The van der Waals surface area contributed by atoms with Gasteiger partial charge in [-0.15, -0.1) is 0 Å². The van der Waals surface area contributed by atoms with Crippen LogP contribution in [0.3, 0.4) is 0 Å². The zero-order valence-electron chi connectivity index (χ0n) is 6.06. The molecule has 0 saturated heterocycles. The maximum atomic E-state index is 10.4. The summed E-state index contributed by atoms with van der Waals surface area (Å²) in [4.78, 5) is 13.7. The van der Waals surface area contributed by atoms with Gasteiger partial charge >= 0.3 is 5.69 Å². The van der Waals surface area contributed by atoms with Crippen molar-refractivity contribution < 1.29 is 4.92 Å². The first-order valence-corrected chi connectivity index (χ1v) is 3.85. The van der Waals surface area contributed by atoms with E-state index < -0.39 is 4.92 Å². The Morgan fingerprint density at radius 3 is 3.08 bits per heavy atom. The van der Waals surface area contributed by atoms with E-state index in [0.29, 0.717) is 5.03 Å². The third-order valence-electron chi connectivity index (χ3n) is 1.12. The molecule has 1 radical (unpaired) electrons. The van der Waals surface area contributed by atoms with Crippen molar-refractivity contribution in [3.8, 4) is 0 Å². The molecule has 5 nitrogen and oxygen atoms in total. The highest BCUT2D eigenvalue weighted by Crippen LogP contribution is 2.23. The molecule has 1 rings (SSSR count). The lowest BCUT2D eigenvalue weighted by atomic mass is 10.4. The summed E-state index contributed by atoms with van der Waals surface area (Å²) < 4.78 is 2.48. The molecule has 1 heterocycles. The van der Waals surface area contributed by atoms with Gasteiger partial charge in [-0.05, 0) is 18.0 Å². The lowest BCUT2D eigenvalue weighted by Gasteiger charge is -1.97. The van der Waals surface area contributed by atoms with Crippen molar-refractivity contribution in [1.82, 2.24) is 9.71 Å². The molecule has 1 N–H and O–H groups in total. The second kappa shape index (κ2) is 4.03. The Morgan fingerprint density at radius 1 is 1.75 bits per heavy atom. The molecule has 0 aliphatic carbocycles. The van der Waals surface area contributed by atoms with Crippen LogP contribution in [0.2, 0.25) is 0 Å². The molecule has 12 heavy (non-hydrogen) atoms. The second-order valence-corrected chi connectivity index (χ2v) is 2.71. The summed E-state index contributed by atoms with van der Waals surface area (Å²) in [6.45, 7) is 0. The Bertz CT molecular complexity index is 292. The Balaban J connectivity index is 3.00. The van der Waals surface area contributed by atoms with Crippen molar-refractivity contribution in [2.24, 2.45) is 0 Å². The van der Waals surface area contributed by atoms with Gasteiger partial charge in [0.2, 0.25) is 0 Å². The molecule has 0 atom stereocenters. The van der Waals surface area contributed by atoms with E-state index in [2.05, 4.69) is 16.8 Å². The molecule has 1 aromatic heterocycles. The number of nitrogens with one attached hydrogen (secondary N) is 1. The van der Waals surface area contributed by atoms with Gasteiger partial charge in [-0.2, -0.15) is 0 Å². The third kappa shape index (κ3) is 1.93. The van der Waals surface area contributed by atoms with Crippen LogP contribution in [0.15, 0.2) is 23.4 Å². The molecule has 0 amide bonds. The molecule has 63 valence electrons. The van der Waals surface area contributed by atoms with Crippen molar-refractivity contribution in [2.45, 2.75) is 5.03 Å². The second-order valence-electron chi connectivity index (χ2n) is 1.83. The fourth-order valence-electron chi connectivity index (χ4n) is 0.668. The number of hydrogen-bond acceptors (Lipinski definition) is 5. The predicted molar refractivity (Wildman–Crippen MR) is 45.2 cm³/mol. The van der Waals surface area contributed by atoms with Gasteiger partial charge in [0.05, 0.1) is 4.92 Å². The summed E-state index contributed by atoms with van der Waals surface area (Å²) in [5, 5.41) is 10.7. The van der Waals surface area contributed by atoms with E-state index >= 15 is 0 Å². The minimum atomic E-state index is -0.479. The van der Waals surface area contributed by atoms with Gasteiger partial charge in [-0.25, -0.2) is 4.98 Å². The van der Waals surface area contributed by atoms with E-state index in [-0.39, 0.29) is 5.69 Å². The molecule has 0 saturated carbocycles. The van der Waals surface area contributed by atoms with Gasteiger partial charge in [0.15, 0.2) is 5.03 Å².